The number of aryl methyl sites for hydroxylation is 1. The average Bonchev–Trinajstić information content (AvgIpc) is 2.36. The van der Waals surface area contributed by atoms with Gasteiger partial charge in [-0.2, -0.15) is 0 Å². The number of hydrogen-bond acceptors (Lipinski definition) is 2. The number of carbonyl (C=O) groups is 1. The molecule has 20 heavy (non-hydrogen) atoms. The van der Waals surface area contributed by atoms with E-state index in [2.05, 4.69) is 21.2 Å². The van der Waals surface area contributed by atoms with E-state index in [1.807, 2.05) is 6.92 Å². The zero-order chi connectivity index (χ0) is 14.9. The molecule has 3 N–H and O–H groups in total. The van der Waals surface area contributed by atoms with Gasteiger partial charge in [-0.1, -0.05) is 39.1 Å². The van der Waals surface area contributed by atoms with E-state index >= 15 is 0 Å². The van der Waals surface area contributed by atoms with Crippen molar-refractivity contribution in [1.82, 2.24) is 0 Å². The predicted octanol–water partition coefficient (Wildman–Crippen LogP) is 4.90. The van der Waals surface area contributed by atoms with Crippen molar-refractivity contribution in [3.8, 4) is 0 Å². The topological polar surface area (TPSA) is 55.1 Å². The van der Waals surface area contributed by atoms with Crippen LogP contribution in [-0.2, 0) is 0 Å². The number of carbonyl (C=O) groups excluding carboxylic acids is 1. The standard InChI is InChI=1S/C14H11BrCl2N2O/c1-7-4-9(18)6-12(17)13(7)19-14(20)10-5-8(15)2-3-11(10)16/h2-6H,18H2,1H3,(H,19,20). The Kier molecular flexibility index (Phi) is 4.58. The number of nitrogens with two attached hydrogens (primary N) is 1. The summed E-state index contributed by atoms with van der Waals surface area (Å²) in [5.41, 5.74) is 7.92. The van der Waals surface area contributed by atoms with E-state index in [0.29, 0.717) is 27.0 Å². The van der Waals surface area contributed by atoms with Crippen molar-refractivity contribution in [2.24, 2.45) is 0 Å². The summed E-state index contributed by atoms with van der Waals surface area (Å²) in [4.78, 5) is 12.3. The molecule has 0 saturated carbocycles. The van der Waals surface area contributed by atoms with E-state index in [4.69, 9.17) is 28.9 Å². The molecule has 3 nitrogen and oxygen atoms in total. The van der Waals surface area contributed by atoms with Crippen LogP contribution >= 0.6 is 39.1 Å². The Bertz CT molecular complexity index is 666. The van der Waals surface area contributed by atoms with Crippen LogP contribution in [0.25, 0.3) is 0 Å². The third-order valence-corrected chi connectivity index (χ3v) is 3.84. The van der Waals surface area contributed by atoms with Gasteiger partial charge >= 0.3 is 0 Å². The minimum atomic E-state index is -0.328. The van der Waals surface area contributed by atoms with Gasteiger partial charge in [-0.25, -0.2) is 0 Å². The van der Waals surface area contributed by atoms with Gasteiger partial charge in [0.1, 0.15) is 0 Å². The van der Waals surface area contributed by atoms with Crippen LogP contribution < -0.4 is 11.1 Å². The smallest absolute Gasteiger partial charge is 0.257 e. The monoisotopic (exact) mass is 372 g/mol. The van der Waals surface area contributed by atoms with Gasteiger partial charge in [-0.3, -0.25) is 4.79 Å². The maximum Gasteiger partial charge on any atom is 0.257 e. The Morgan fingerprint density at radius 2 is 1.90 bits per heavy atom. The summed E-state index contributed by atoms with van der Waals surface area (Å²) in [7, 11) is 0. The summed E-state index contributed by atoms with van der Waals surface area (Å²) in [6, 6.07) is 8.40. The van der Waals surface area contributed by atoms with Crippen LogP contribution in [0.5, 0.6) is 0 Å². The van der Waals surface area contributed by atoms with Crippen molar-refractivity contribution in [3.63, 3.8) is 0 Å². The number of benzene rings is 2. The molecule has 0 aliphatic carbocycles. The third kappa shape index (κ3) is 3.26. The van der Waals surface area contributed by atoms with Gasteiger partial charge in [0.25, 0.3) is 5.91 Å². The first kappa shape index (κ1) is 15.2. The van der Waals surface area contributed by atoms with Crippen molar-refractivity contribution >= 4 is 56.4 Å². The second kappa shape index (κ2) is 6.04. The Hall–Kier alpha value is -1.23. The molecular formula is C14H11BrCl2N2O. The molecule has 0 bridgehead atoms. The van der Waals surface area contributed by atoms with Gasteiger partial charge in [0.05, 0.1) is 21.3 Å². The maximum atomic E-state index is 12.3. The van der Waals surface area contributed by atoms with Crippen LogP contribution in [0.2, 0.25) is 10.0 Å². The molecule has 0 fully saturated rings. The summed E-state index contributed by atoms with van der Waals surface area (Å²) in [6.45, 7) is 1.82. The second-order valence-corrected chi connectivity index (χ2v) is 6.00. The molecule has 2 rings (SSSR count). The van der Waals surface area contributed by atoms with E-state index in [1.165, 1.54) is 0 Å². The molecule has 0 saturated heterocycles. The maximum absolute atomic E-state index is 12.3. The molecule has 0 heterocycles. The van der Waals surface area contributed by atoms with Crippen LogP contribution in [0.15, 0.2) is 34.8 Å². The van der Waals surface area contributed by atoms with Crippen LogP contribution in [0.1, 0.15) is 15.9 Å². The number of amides is 1. The number of nitrogen functional groups attached to an aromatic ring is 1. The lowest BCUT2D eigenvalue weighted by atomic mass is 10.1. The lowest BCUT2D eigenvalue weighted by Crippen LogP contribution is -2.14. The SMILES string of the molecule is Cc1cc(N)cc(Cl)c1NC(=O)c1cc(Br)ccc1Cl. The Morgan fingerprint density at radius 3 is 2.55 bits per heavy atom. The Morgan fingerprint density at radius 1 is 1.20 bits per heavy atom. The number of anilines is 2. The first-order valence-electron chi connectivity index (χ1n) is 5.70. The fourth-order valence-corrected chi connectivity index (χ4v) is 2.67. The normalized spacial score (nSPS) is 10.4. The highest BCUT2D eigenvalue weighted by Crippen LogP contribution is 2.30. The summed E-state index contributed by atoms with van der Waals surface area (Å²) in [5.74, 6) is -0.328. The fraction of sp³-hybridized carbons (Fsp3) is 0.0714. The minimum Gasteiger partial charge on any atom is -0.399 e. The van der Waals surface area contributed by atoms with E-state index in [1.54, 1.807) is 30.3 Å². The molecule has 0 radical (unpaired) electrons. The van der Waals surface area contributed by atoms with Crippen molar-refractivity contribution in [2.75, 3.05) is 11.1 Å². The number of hydrogen-bond donors (Lipinski definition) is 2. The second-order valence-electron chi connectivity index (χ2n) is 4.27. The molecule has 1 amide bonds. The number of rotatable bonds is 2. The summed E-state index contributed by atoms with van der Waals surface area (Å²) in [5, 5.41) is 3.52. The minimum absolute atomic E-state index is 0.328. The highest BCUT2D eigenvalue weighted by Gasteiger charge is 2.14. The van der Waals surface area contributed by atoms with Crippen LogP contribution in [-0.4, -0.2) is 5.91 Å². The first-order chi connectivity index (χ1) is 9.38. The highest BCUT2D eigenvalue weighted by molar-refractivity contribution is 9.10. The van der Waals surface area contributed by atoms with Crippen LogP contribution in [0, 0.1) is 6.92 Å². The molecule has 2 aromatic carbocycles. The van der Waals surface area contributed by atoms with E-state index in [0.717, 1.165) is 10.0 Å². The van der Waals surface area contributed by atoms with Gasteiger partial charge < -0.3 is 11.1 Å². The van der Waals surface area contributed by atoms with Crippen LogP contribution in [0.3, 0.4) is 0 Å². The van der Waals surface area contributed by atoms with Gasteiger partial charge in [0.15, 0.2) is 0 Å². The average molecular weight is 374 g/mol. The van der Waals surface area contributed by atoms with Gasteiger partial charge in [-0.05, 0) is 42.8 Å². The molecular weight excluding hydrogens is 363 g/mol. The number of nitrogens with one attached hydrogen (secondary N) is 1. The largest absolute Gasteiger partial charge is 0.399 e. The first-order valence-corrected chi connectivity index (χ1v) is 7.25. The van der Waals surface area contributed by atoms with Gasteiger partial charge in [-0.15, -0.1) is 0 Å². The third-order valence-electron chi connectivity index (χ3n) is 2.72. The number of halogens is 3. The molecule has 0 atom stereocenters. The predicted molar refractivity (Wildman–Crippen MR) is 87.7 cm³/mol. The van der Waals surface area contributed by atoms with E-state index in [-0.39, 0.29) is 5.91 Å². The molecule has 0 spiro atoms. The summed E-state index contributed by atoms with van der Waals surface area (Å²) in [6.07, 6.45) is 0. The van der Waals surface area contributed by atoms with Crippen molar-refractivity contribution < 1.29 is 4.79 Å². The van der Waals surface area contributed by atoms with Crippen molar-refractivity contribution in [1.29, 1.82) is 0 Å². The fourth-order valence-electron chi connectivity index (χ4n) is 1.78. The highest BCUT2D eigenvalue weighted by atomic mass is 79.9. The summed E-state index contributed by atoms with van der Waals surface area (Å²) >= 11 is 15.4. The van der Waals surface area contributed by atoms with E-state index in [9.17, 15) is 4.79 Å². The summed E-state index contributed by atoms with van der Waals surface area (Å²) < 4.78 is 0.771. The quantitative estimate of drug-likeness (QED) is 0.735. The molecule has 6 heteroatoms. The molecule has 2 aromatic rings. The zero-order valence-electron chi connectivity index (χ0n) is 10.5. The molecule has 104 valence electrons. The molecule has 0 aliphatic rings. The zero-order valence-corrected chi connectivity index (χ0v) is 13.6. The Balaban J connectivity index is 2.35. The Labute approximate surface area is 135 Å². The molecule has 0 unspecified atom stereocenters. The lowest BCUT2D eigenvalue weighted by Gasteiger charge is -2.12. The van der Waals surface area contributed by atoms with Gasteiger partial charge in [0.2, 0.25) is 0 Å². The van der Waals surface area contributed by atoms with E-state index < -0.39 is 0 Å². The van der Waals surface area contributed by atoms with Crippen LogP contribution in [0.4, 0.5) is 11.4 Å². The lowest BCUT2D eigenvalue weighted by molar-refractivity contribution is 0.102. The van der Waals surface area contributed by atoms with Gasteiger partial charge in [0, 0.05) is 10.2 Å². The molecule has 0 aliphatic heterocycles. The van der Waals surface area contributed by atoms with Crippen molar-refractivity contribution in [3.05, 3.63) is 56.0 Å². The molecule has 0 aromatic heterocycles. The van der Waals surface area contributed by atoms with Crippen molar-refractivity contribution in [2.45, 2.75) is 6.92 Å².